The van der Waals surface area contributed by atoms with Gasteiger partial charge in [0.2, 0.25) is 5.78 Å². The van der Waals surface area contributed by atoms with Gasteiger partial charge < -0.3 is 30.9 Å². The van der Waals surface area contributed by atoms with Crippen LogP contribution in [0.3, 0.4) is 0 Å². The van der Waals surface area contributed by atoms with Gasteiger partial charge in [-0.05, 0) is 24.3 Å². The highest BCUT2D eigenvalue weighted by atomic mass is 79.9. The van der Waals surface area contributed by atoms with Gasteiger partial charge in [-0.3, -0.25) is 4.79 Å². The van der Waals surface area contributed by atoms with Gasteiger partial charge >= 0.3 is 6.16 Å². The van der Waals surface area contributed by atoms with Crippen molar-refractivity contribution in [3.63, 3.8) is 0 Å². The zero-order valence-corrected chi connectivity index (χ0v) is 21.8. The number of ketones is 1. The van der Waals surface area contributed by atoms with E-state index in [0.29, 0.717) is 34.3 Å². The van der Waals surface area contributed by atoms with E-state index in [2.05, 4.69) is 0 Å². The Balaban J connectivity index is 0.00000320. The number of halogens is 3. The highest BCUT2D eigenvalue weighted by Crippen LogP contribution is 2.36. The van der Waals surface area contributed by atoms with Crippen molar-refractivity contribution in [2.75, 3.05) is 26.2 Å². The third-order valence-corrected chi connectivity index (χ3v) is 7.38. The first kappa shape index (κ1) is 26.9. The third kappa shape index (κ3) is 6.25. The molecule has 3 aromatic carbocycles. The number of piperidine rings is 3. The third-order valence-electron chi connectivity index (χ3n) is 7.38. The van der Waals surface area contributed by atoms with Gasteiger partial charge in [0, 0.05) is 35.4 Å². The quantitative estimate of drug-likeness (QED) is 0.248. The molecule has 3 saturated heterocycles. The Bertz CT molecular complexity index is 1200. The summed E-state index contributed by atoms with van der Waals surface area (Å²) in [7, 11) is 0. The van der Waals surface area contributed by atoms with E-state index in [1.807, 2.05) is 30.3 Å². The molecule has 2 bridgehead atoms. The summed E-state index contributed by atoms with van der Waals surface area (Å²) in [6.45, 7) is 2.64. The monoisotopic (exact) mass is 571 g/mol. The maximum atomic E-state index is 13.9. The molecule has 0 saturated carbocycles. The van der Waals surface area contributed by atoms with Gasteiger partial charge in [0.25, 0.3) is 0 Å². The summed E-state index contributed by atoms with van der Waals surface area (Å²) in [6, 6.07) is 20.6. The molecule has 3 aliphatic rings. The molecular formula is C29H28BrF2NO4. The van der Waals surface area contributed by atoms with Gasteiger partial charge in [0.1, 0.15) is 24.7 Å². The van der Waals surface area contributed by atoms with Crippen molar-refractivity contribution in [1.29, 1.82) is 0 Å². The number of hydrogen-bond acceptors (Lipinski definition) is 4. The maximum Gasteiger partial charge on any atom is 0.509 e. The Hall–Kier alpha value is -3.10. The Labute approximate surface area is 225 Å². The van der Waals surface area contributed by atoms with E-state index in [1.165, 1.54) is 36.4 Å². The summed E-state index contributed by atoms with van der Waals surface area (Å²) in [5.74, 6) is -0.698. The van der Waals surface area contributed by atoms with Crippen molar-refractivity contribution in [2.24, 2.45) is 5.92 Å². The molecule has 0 amide bonds. The molecule has 5 nitrogen and oxygen atoms in total. The molecular weight excluding hydrogens is 544 g/mol. The predicted octanol–water partition coefficient (Wildman–Crippen LogP) is 2.70. The van der Waals surface area contributed by atoms with Gasteiger partial charge in [0.15, 0.2) is 12.2 Å². The fourth-order valence-corrected chi connectivity index (χ4v) is 5.51. The van der Waals surface area contributed by atoms with Crippen LogP contribution in [-0.2, 0) is 9.47 Å². The number of fused-ring (bicyclic) bond motifs is 3. The minimum Gasteiger partial charge on any atom is -1.00 e. The lowest BCUT2D eigenvalue weighted by Crippen LogP contribution is -3.00. The van der Waals surface area contributed by atoms with Crippen LogP contribution in [0, 0.1) is 17.6 Å². The van der Waals surface area contributed by atoms with Crippen LogP contribution in [0.4, 0.5) is 13.6 Å². The number of nitrogens with zero attached hydrogens (tertiary/aromatic N) is 1. The molecule has 8 heteroatoms. The smallest absolute Gasteiger partial charge is 0.509 e. The zero-order chi connectivity index (χ0) is 25.1. The minimum atomic E-state index is -1.02. The average Bonchev–Trinajstić information content (AvgIpc) is 2.88. The van der Waals surface area contributed by atoms with Crippen LogP contribution in [-0.4, -0.2) is 48.7 Å². The first-order valence-corrected chi connectivity index (χ1v) is 12.2. The Morgan fingerprint density at radius 2 is 1.46 bits per heavy atom. The molecule has 3 heterocycles. The van der Waals surface area contributed by atoms with Crippen LogP contribution in [0.1, 0.15) is 40.4 Å². The van der Waals surface area contributed by atoms with E-state index in [0.717, 1.165) is 25.9 Å². The first-order valence-electron chi connectivity index (χ1n) is 12.2. The second kappa shape index (κ2) is 11.5. The molecule has 37 heavy (non-hydrogen) atoms. The highest BCUT2D eigenvalue weighted by Gasteiger charge is 2.49. The van der Waals surface area contributed by atoms with Crippen molar-refractivity contribution in [2.45, 2.75) is 25.0 Å². The van der Waals surface area contributed by atoms with E-state index < -0.39 is 23.9 Å². The van der Waals surface area contributed by atoms with Crippen LogP contribution in [0.5, 0.6) is 0 Å². The second-order valence-electron chi connectivity index (χ2n) is 9.77. The van der Waals surface area contributed by atoms with Crippen molar-refractivity contribution in [3.8, 4) is 0 Å². The summed E-state index contributed by atoms with van der Waals surface area (Å²) >= 11 is 0. The summed E-state index contributed by atoms with van der Waals surface area (Å²) < 4.78 is 39.9. The van der Waals surface area contributed by atoms with E-state index in [1.54, 1.807) is 12.1 Å². The number of rotatable bonds is 7. The molecule has 3 aromatic rings. The molecule has 0 N–H and O–H groups in total. The van der Waals surface area contributed by atoms with E-state index in [-0.39, 0.29) is 34.8 Å². The number of quaternary nitrogens is 1. The van der Waals surface area contributed by atoms with Crippen molar-refractivity contribution in [3.05, 3.63) is 107 Å². The SMILES string of the molecule is O=C(OC(c1cccc(F)c1)c1cccc(F)c1)O[C@H]1C[N+]2(CC(=O)c3ccccc3)CCC1CC2.[Br-]. The number of Topliss-reactive ketones (excluding diaryl/α,β-unsaturated/α-hetero) is 1. The lowest BCUT2D eigenvalue weighted by molar-refractivity contribution is -0.938. The van der Waals surface area contributed by atoms with Gasteiger partial charge in [-0.15, -0.1) is 0 Å². The summed E-state index contributed by atoms with van der Waals surface area (Å²) in [5, 5.41) is 0. The van der Waals surface area contributed by atoms with E-state index in [9.17, 15) is 18.4 Å². The van der Waals surface area contributed by atoms with Crippen LogP contribution < -0.4 is 17.0 Å². The van der Waals surface area contributed by atoms with Crippen LogP contribution in [0.25, 0.3) is 0 Å². The summed E-state index contributed by atoms with van der Waals surface area (Å²) in [5.41, 5.74) is 1.44. The number of ether oxygens (including phenoxy) is 2. The number of benzene rings is 3. The molecule has 0 unspecified atom stereocenters. The number of carbonyl (C=O) groups excluding carboxylic acids is 2. The summed E-state index contributed by atoms with van der Waals surface area (Å²) in [4.78, 5) is 25.9. The molecule has 1 atom stereocenters. The van der Waals surface area contributed by atoms with E-state index in [4.69, 9.17) is 9.47 Å². The van der Waals surface area contributed by atoms with Crippen molar-refractivity contribution < 1.29 is 49.3 Å². The van der Waals surface area contributed by atoms with Gasteiger partial charge in [0.05, 0.1) is 13.1 Å². The van der Waals surface area contributed by atoms with Crippen LogP contribution in [0.2, 0.25) is 0 Å². The molecule has 6 rings (SSSR count). The number of hydrogen-bond donors (Lipinski definition) is 0. The van der Waals surface area contributed by atoms with Gasteiger partial charge in [-0.1, -0.05) is 54.6 Å². The van der Waals surface area contributed by atoms with Crippen LogP contribution in [0.15, 0.2) is 78.9 Å². The average molecular weight is 572 g/mol. The molecule has 0 radical (unpaired) electrons. The number of carbonyl (C=O) groups is 2. The first-order chi connectivity index (χ1) is 17.4. The maximum absolute atomic E-state index is 13.9. The molecule has 194 valence electrons. The largest absolute Gasteiger partial charge is 1.00 e. The normalized spacial score (nSPS) is 22.2. The molecule has 0 spiro atoms. The predicted molar refractivity (Wildman–Crippen MR) is 129 cm³/mol. The van der Waals surface area contributed by atoms with Crippen molar-refractivity contribution in [1.82, 2.24) is 0 Å². The van der Waals surface area contributed by atoms with Crippen molar-refractivity contribution >= 4 is 11.9 Å². The highest BCUT2D eigenvalue weighted by molar-refractivity contribution is 5.96. The molecule has 3 fully saturated rings. The second-order valence-corrected chi connectivity index (χ2v) is 9.77. The molecule has 3 aliphatic heterocycles. The summed E-state index contributed by atoms with van der Waals surface area (Å²) in [6.07, 6.45) is -0.578. The fourth-order valence-electron chi connectivity index (χ4n) is 5.51. The minimum absolute atomic E-state index is 0. The Morgan fingerprint density at radius 3 is 2.03 bits per heavy atom. The van der Waals surface area contributed by atoms with Crippen LogP contribution >= 0.6 is 0 Å². The lowest BCUT2D eigenvalue weighted by Gasteiger charge is -2.51. The molecule has 0 aliphatic carbocycles. The van der Waals surface area contributed by atoms with Gasteiger partial charge in [-0.25, -0.2) is 13.6 Å². The van der Waals surface area contributed by atoms with E-state index >= 15 is 0 Å². The topological polar surface area (TPSA) is 52.6 Å². The lowest BCUT2D eigenvalue weighted by atomic mass is 9.83. The Morgan fingerprint density at radius 1 is 0.865 bits per heavy atom. The Kier molecular flexibility index (Phi) is 8.39. The standard InChI is InChI=1S/C29H28F2NO4.BrH/c30-24-10-4-8-22(16-24)28(23-9-5-11-25(31)17-23)36-29(34)35-27-19-32(14-12-21(27)13-15-32)18-26(33)20-6-2-1-3-7-20;/h1-11,16-17,21,27-28H,12-15,18-19H2;1H/q+1;/p-1/t21?,27-,32?;/m0./s1. The molecule has 0 aromatic heterocycles. The zero-order valence-electron chi connectivity index (χ0n) is 20.2. The van der Waals surface area contributed by atoms with Gasteiger partial charge in [-0.2, -0.15) is 0 Å². The fraction of sp³-hybridized carbons (Fsp3) is 0.310.